The van der Waals surface area contributed by atoms with Crippen LogP contribution in [0.5, 0.6) is 0 Å². The lowest BCUT2D eigenvalue weighted by Gasteiger charge is -2.03. The third kappa shape index (κ3) is 1.67. The summed E-state index contributed by atoms with van der Waals surface area (Å²) in [5, 5.41) is 8.71. The van der Waals surface area contributed by atoms with E-state index in [2.05, 4.69) is 0 Å². The molecule has 0 unspecified atom stereocenters. The average molecular weight is 174 g/mol. The van der Waals surface area contributed by atoms with E-state index in [1.165, 1.54) is 13.0 Å². The second kappa shape index (κ2) is 3.28. The molecule has 0 spiro atoms. The van der Waals surface area contributed by atoms with Crippen molar-refractivity contribution in [1.82, 2.24) is 0 Å². The Morgan fingerprint density at radius 2 is 2.15 bits per heavy atom. The lowest BCUT2D eigenvalue weighted by molar-refractivity contribution is 0.101. The summed E-state index contributed by atoms with van der Waals surface area (Å²) in [7, 11) is 0. The summed E-state index contributed by atoms with van der Waals surface area (Å²) in [6.07, 6.45) is 0. The van der Waals surface area contributed by atoms with Gasteiger partial charge in [0.15, 0.2) is 5.78 Å². The number of anilines is 1. The van der Waals surface area contributed by atoms with E-state index in [1.807, 2.05) is 6.07 Å². The van der Waals surface area contributed by atoms with E-state index < -0.39 is 0 Å². The zero-order chi connectivity index (χ0) is 10.0. The molecule has 0 aliphatic carbocycles. The Bertz CT molecular complexity index is 379. The van der Waals surface area contributed by atoms with Crippen molar-refractivity contribution in [1.29, 1.82) is 5.26 Å². The molecule has 0 amide bonds. The van der Waals surface area contributed by atoms with Crippen LogP contribution in [0.25, 0.3) is 0 Å². The fourth-order valence-corrected chi connectivity index (χ4v) is 1.17. The van der Waals surface area contributed by atoms with Gasteiger partial charge in [0.25, 0.3) is 0 Å². The maximum absolute atomic E-state index is 11.0. The van der Waals surface area contributed by atoms with Crippen LogP contribution >= 0.6 is 0 Å². The molecule has 13 heavy (non-hydrogen) atoms. The molecule has 1 rings (SSSR count). The lowest BCUT2D eigenvalue weighted by Crippen LogP contribution is -1.99. The smallest absolute Gasteiger partial charge is 0.159 e. The van der Waals surface area contributed by atoms with Crippen molar-refractivity contribution in [2.24, 2.45) is 0 Å². The molecule has 0 atom stereocenters. The highest BCUT2D eigenvalue weighted by Gasteiger charge is 2.07. The molecule has 66 valence electrons. The van der Waals surface area contributed by atoms with E-state index in [4.69, 9.17) is 11.0 Å². The molecule has 1 aromatic rings. The van der Waals surface area contributed by atoms with E-state index in [0.29, 0.717) is 16.8 Å². The molecule has 1 aromatic carbocycles. The Labute approximate surface area is 76.8 Å². The van der Waals surface area contributed by atoms with Gasteiger partial charge in [-0.05, 0) is 31.5 Å². The van der Waals surface area contributed by atoms with Gasteiger partial charge in [-0.1, -0.05) is 0 Å². The van der Waals surface area contributed by atoms with Crippen molar-refractivity contribution in [2.75, 3.05) is 5.73 Å². The highest BCUT2D eigenvalue weighted by atomic mass is 16.1. The monoisotopic (exact) mass is 174 g/mol. The molecule has 0 radical (unpaired) electrons. The quantitative estimate of drug-likeness (QED) is 0.520. The number of ketones is 1. The normalized spacial score (nSPS) is 9.31. The van der Waals surface area contributed by atoms with Crippen LogP contribution in [0.4, 0.5) is 5.69 Å². The number of carbonyl (C=O) groups excluding carboxylic acids is 1. The molecule has 3 heteroatoms. The predicted molar refractivity (Wildman–Crippen MR) is 50.3 cm³/mol. The Kier molecular flexibility index (Phi) is 2.34. The predicted octanol–water partition coefficient (Wildman–Crippen LogP) is 1.65. The summed E-state index contributed by atoms with van der Waals surface area (Å²) in [5.41, 5.74) is 7.71. The number of benzene rings is 1. The molecule has 0 aromatic heterocycles. The van der Waals surface area contributed by atoms with Crippen LogP contribution in [0.15, 0.2) is 12.1 Å². The zero-order valence-corrected chi connectivity index (χ0v) is 7.59. The summed E-state index contributed by atoms with van der Waals surface area (Å²) in [4.78, 5) is 11.0. The van der Waals surface area contributed by atoms with Gasteiger partial charge in [0.2, 0.25) is 0 Å². The third-order valence-corrected chi connectivity index (χ3v) is 1.88. The van der Waals surface area contributed by atoms with Gasteiger partial charge in [-0.2, -0.15) is 5.26 Å². The fourth-order valence-electron chi connectivity index (χ4n) is 1.17. The van der Waals surface area contributed by atoms with Crippen molar-refractivity contribution in [3.8, 4) is 6.07 Å². The Morgan fingerprint density at radius 3 is 2.54 bits per heavy atom. The van der Waals surface area contributed by atoms with E-state index in [0.717, 1.165) is 5.56 Å². The van der Waals surface area contributed by atoms with E-state index >= 15 is 0 Å². The van der Waals surface area contributed by atoms with Crippen molar-refractivity contribution in [3.05, 3.63) is 28.8 Å². The van der Waals surface area contributed by atoms with Crippen molar-refractivity contribution in [3.63, 3.8) is 0 Å². The van der Waals surface area contributed by atoms with Gasteiger partial charge in [0.05, 0.1) is 11.3 Å². The molecular formula is C10H10N2O. The summed E-state index contributed by atoms with van der Waals surface area (Å²) < 4.78 is 0. The molecule has 0 saturated heterocycles. The minimum Gasteiger partial charge on any atom is -0.398 e. The van der Waals surface area contributed by atoms with Gasteiger partial charge < -0.3 is 5.73 Å². The standard InChI is InChI=1S/C10H10N2O/c1-6-3-8(7(2)13)4-10(12)9(6)5-11/h3-4H,12H2,1-2H3. The molecule has 3 nitrogen and oxygen atoms in total. The van der Waals surface area contributed by atoms with Crippen LogP contribution in [-0.4, -0.2) is 5.78 Å². The van der Waals surface area contributed by atoms with Crippen LogP contribution in [0.3, 0.4) is 0 Å². The summed E-state index contributed by atoms with van der Waals surface area (Å²) >= 11 is 0. The first kappa shape index (κ1) is 9.27. The molecule has 0 heterocycles. The molecular weight excluding hydrogens is 164 g/mol. The van der Waals surface area contributed by atoms with Crippen molar-refractivity contribution in [2.45, 2.75) is 13.8 Å². The molecule has 0 bridgehead atoms. The van der Waals surface area contributed by atoms with E-state index in [-0.39, 0.29) is 5.78 Å². The topological polar surface area (TPSA) is 66.9 Å². The number of nitriles is 1. The number of nitrogens with zero attached hydrogens (tertiary/aromatic N) is 1. The number of aryl methyl sites for hydroxylation is 1. The van der Waals surface area contributed by atoms with Crippen LogP contribution in [-0.2, 0) is 0 Å². The van der Waals surface area contributed by atoms with Crippen molar-refractivity contribution >= 4 is 11.5 Å². The third-order valence-electron chi connectivity index (χ3n) is 1.88. The van der Waals surface area contributed by atoms with Gasteiger partial charge in [0.1, 0.15) is 6.07 Å². The highest BCUT2D eigenvalue weighted by molar-refractivity contribution is 5.95. The number of hydrogen-bond donors (Lipinski definition) is 1. The lowest BCUT2D eigenvalue weighted by atomic mass is 10.0. The van der Waals surface area contributed by atoms with Gasteiger partial charge in [-0.3, -0.25) is 4.79 Å². The number of rotatable bonds is 1. The Hall–Kier alpha value is -1.82. The molecule has 0 fully saturated rings. The van der Waals surface area contributed by atoms with Crippen LogP contribution in [0.1, 0.15) is 28.4 Å². The first-order valence-corrected chi connectivity index (χ1v) is 3.87. The largest absolute Gasteiger partial charge is 0.398 e. The van der Waals surface area contributed by atoms with Gasteiger partial charge >= 0.3 is 0 Å². The number of carbonyl (C=O) groups is 1. The molecule has 0 saturated carbocycles. The number of Topliss-reactive ketones (excluding diaryl/α,β-unsaturated/α-hetero) is 1. The maximum Gasteiger partial charge on any atom is 0.159 e. The van der Waals surface area contributed by atoms with Gasteiger partial charge in [0, 0.05) is 5.56 Å². The Balaban J connectivity index is 3.39. The van der Waals surface area contributed by atoms with E-state index in [9.17, 15) is 4.79 Å². The number of nitrogens with two attached hydrogens (primary N) is 1. The Morgan fingerprint density at radius 1 is 1.54 bits per heavy atom. The first-order valence-electron chi connectivity index (χ1n) is 3.87. The fraction of sp³-hybridized carbons (Fsp3) is 0.200. The van der Waals surface area contributed by atoms with Crippen LogP contribution in [0, 0.1) is 18.3 Å². The average Bonchev–Trinajstić information content (AvgIpc) is 2.03. The highest BCUT2D eigenvalue weighted by Crippen LogP contribution is 2.18. The minimum absolute atomic E-state index is 0.0423. The second-order valence-corrected chi connectivity index (χ2v) is 2.93. The van der Waals surface area contributed by atoms with Gasteiger partial charge in [-0.25, -0.2) is 0 Å². The zero-order valence-electron chi connectivity index (χ0n) is 7.59. The first-order chi connectivity index (χ1) is 6.06. The second-order valence-electron chi connectivity index (χ2n) is 2.93. The van der Waals surface area contributed by atoms with Crippen LogP contribution in [0.2, 0.25) is 0 Å². The van der Waals surface area contributed by atoms with E-state index in [1.54, 1.807) is 13.0 Å². The van der Waals surface area contributed by atoms with Crippen molar-refractivity contribution < 1.29 is 4.79 Å². The molecule has 0 aliphatic heterocycles. The minimum atomic E-state index is -0.0423. The summed E-state index contributed by atoms with van der Waals surface area (Å²) in [6.45, 7) is 3.24. The van der Waals surface area contributed by atoms with Crippen LogP contribution < -0.4 is 5.73 Å². The molecule has 2 N–H and O–H groups in total. The number of nitrogen functional groups attached to an aromatic ring is 1. The molecule has 0 aliphatic rings. The maximum atomic E-state index is 11.0. The summed E-state index contributed by atoms with van der Waals surface area (Å²) in [5.74, 6) is -0.0423. The van der Waals surface area contributed by atoms with Gasteiger partial charge in [-0.15, -0.1) is 0 Å². The SMILES string of the molecule is CC(=O)c1cc(C)c(C#N)c(N)c1. The number of hydrogen-bond acceptors (Lipinski definition) is 3. The summed E-state index contributed by atoms with van der Waals surface area (Å²) in [6, 6.07) is 5.21.